The first-order valence-electron chi connectivity index (χ1n) is 6.51. The molecule has 0 fully saturated rings. The van der Waals surface area contributed by atoms with Crippen molar-refractivity contribution in [3.05, 3.63) is 22.2 Å². The van der Waals surface area contributed by atoms with E-state index in [4.69, 9.17) is 5.73 Å². The van der Waals surface area contributed by atoms with Crippen LogP contribution in [0.3, 0.4) is 0 Å². The number of anilines is 1. The maximum atomic E-state index is 11.4. The summed E-state index contributed by atoms with van der Waals surface area (Å²) in [5, 5.41) is 3.24. The SMILES string of the molecule is CCc1nc(NCC(C)(C)CCCN)cc(=O)[nH]1. The smallest absolute Gasteiger partial charge is 0.252 e. The zero-order valence-electron chi connectivity index (χ0n) is 11.5. The summed E-state index contributed by atoms with van der Waals surface area (Å²) >= 11 is 0. The van der Waals surface area contributed by atoms with E-state index in [1.54, 1.807) is 0 Å². The first-order chi connectivity index (χ1) is 8.46. The van der Waals surface area contributed by atoms with E-state index >= 15 is 0 Å². The second-order valence-electron chi connectivity index (χ2n) is 5.34. The largest absolute Gasteiger partial charge is 0.369 e. The van der Waals surface area contributed by atoms with Crippen molar-refractivity contribution in [3.8, 4) is 0 Å². The number of aromatic amines is 1. The quantitative estimate of drug-likeness (QED) is 0.687. The van der Waals surface area contributed by atoms with Crippen molar-refractivity contribution >= 4 is 5.82 Å². The fourth-order valence-corrected chi connectivity index (χ4v) is 1.76. The van der Waals surface area contributed by atoms with Crippen LogP contribution in [0.4, 0.5) is 5.82 Å². The second-order valence-corrected chi connectivity index (χ2v) is 5.34. The molecule has 1 rings (SSSR count). The number of nitrogens with one attached hydrogen (secondary N) is 2. The summed E-state index contributed by atoms with van der Waals surface area (Å²) in [4.78, 5) is 18.5. The molecule has 0 atom stereocenters. The Morgan fingerprint density at radius 1 is 1.50 bits per heavy atom. The van der Waals surface area contributed by atoms with Gasteiger partial charge in [0.05, 0.1) is 0 Å². The molecular weight excluding hydrogens is 228 g/mol. The van der Waals surface area contributed by atoms with Crippen LogP contribution < -0.4 is 16.6 Å². The first-order valence-corrected chi connectivity index (χ1v) is 6.51. The standard InChI is InChI=1S/C13H24N4O/c1-4-10-16-11(8-12(18)17-10)15-9-13(2,3)6-5-7-14/h8H,4-7,9,14H2,1-3H3,(H2,15,16,17,18). The van der Waals surface area contributed by atoms with Crippen LogP contribution in [0.2, 0.25) is 0 Å². The van der Waals surface area contributed by atoms with Gasteiger partial charge < -0.3 is 16.0 Å². The Kier molecular flexibility index (Phi) is 5.34. The molecule has 0 aliphatic rings. The zero-order valence-corrected chi connectivity index (χ0v) is 11.5. The molecule has 0 spiro atoms. The normalized spacial score (nSPS) is 11.6. The van der Waals surface area contributed by atoms with Crippen LogP contribution in [0, 0.1) is 5.41 Å². The Morgan fingerprint density at radius 3 is 2.83 bits per heavy atom. The van der Waals surface area contributed by atoms with Gasteiger partial charge in [-0.1, -0.05) is 20.8 Å². The molecule has 1 aromatic heterocycles. The Bertz CT molecular complexity index is 425. The third-order valence-electron chi connectivity index (χ3n) is 2.93. The highest BCUT2D eigenvalue weighted by Gasteiger charge is 2.17. The lowest BCUT2D eigenvalue weighted by Crippen LogP contribution is -2.25. The molecule has 18 heavy (non-hydrogen) atoms. The third kappa shape index (κ3) is 4.87. The van der Waals surface area contributed by atoms with Crippen LogP contribution in [0.5, 0.6) is 0 Å². The maximum Gasteiger partial charge on any atom is 0.252 e. The molecule has 5 nitrogen and oxygen atoms in total. The Morgan fingerprint density at radius 2 is 2.22 bits per heavy atom. The molecule has 0 radical (unpaired) electrons. The molecule has 0 aliphatic carbocycles. The number of H-pyrrole nitrogens is 1. The van der Waals surface area contributed by atoms with Crippen molar-refractivity contribution in [3.63, 3.8) is 0 Å². The van der Waals surface area contributed by atoms with Gasteiger partial charge in [-0.2, -0.15) is 0 Å². The number of nitrogens with zero attached hydrogens (tertiary/aromatic N) is 1. The predicted octanol–water partition coefficient (Wildman–Crippen LogP) is 1.51. The van der Waals surface area contributed by atoms with Gasteiger partial charge in [-0.15, -0.1) is 0 Å². The van der Waals surface area contributed by atoms with Crippen molar-refractivity contribution < 1.29 is 0 Å². The van der Waals surface area contributed by atoms with Crippen LogP contribution in [-0.4, -0.2) is 23.1 Å². The number of aryl methyl sites for hydroxylation is 1. The van der Waals surface area contributed by atoms with Crippen LogP contribution in [0.15, 0.2) is 10.9 Å². The number of hydrogen-bond donors (Lipinski definition) is 3. The summed E-state index contributed by atoms with van der Waals surface area (Å²) in [6.07, 6.45) is 2.79. The van der Waals surface area contributed by atoms with Crippen molar-refractivity contribution in [2.45, 2.75) is 40.0 Å². The molecule has 0 aromatic carbocycles. The van der Waals surface area contributed by atoms with E-state index in [9.17, 15) is 4.79 Å². The van der Waals surface area contributed by atoms with Gasteiger partial charge in [0.15, 0.2) is 0 Å². The number of aromatic nitrogens is 2. The van der Waals surface area contributed by atoms with E-state index in [1.807, 2.05) is 6.92 Å². The topological polar surface area (TPSA) is 83.8 Å². The monoisotopic (exact) mass is 252 g/mol. The molecule has 0 saturated heterocycles. The zero-order chi connectivity index (χ0) is 13.6. The molecule has 4 N–H and O–H groups in total. The van der Waals surface area contributed by atoms with Gasteiger partial charge in [0.25, 0.3) is 5.56 Å². The van der Waals surface area contributed by atoms with Gasteiger partial charge in [-0.25, -0.2) is 4.98 Å². The minimum Gasteiger partial charge on any atom is -0.369 e. The second kappa shape index (κ2) is 6.54. The van der Waals surface area contributed by atoms with Gasteiger partial charge in [0.2, 0.25) is 0 Å². The van der Waals surface area contributed by atoms with E-state index in [-0.39, 0.29) is 11.0 Å². The minimum atomic E-state index is -0.107. The molecule has 5 heteroatoms. The van der Waals surface area contributed by atoms with Crippen LogP contribution in [0.25, 0.3) is 0 Å². The molecular formula is C13H24N4O. The highest BCUT2D eigenvalue weighted by atomic mass is 16.1. The summed E-state index contributed by atoms with van der Waals surface area (Å²) in [7, 11) is 0. The van der Waals surface area contributed by atoms with Gasteiger partial charge in [0.1, 0.15) is 11.6 Å². The summed E-state index contributed by atoms with van der Waals surface area (Å²) in [5.74, 6) is 1.36. The Labute approximate surface area is 108 Å². The highest BCUT2D eigenvalue weighted by molar-refractivity contribution is 5.33. The molecule has 0 bridgehead atoms. The van der Waals surface area contributed by atoms with Gasteiger partial charge in [-0.3, -0.25) is 4.79 Å². The summed E-state index contributed by atoms with van der Waals surface area (Å²) in [6, 6.07) is 1.50. The van der Waals surface area contributed by atoms with Crippen molar-refractivity contribution in [1.82, 2.24) is 9.97 Å². The van der Waals surface area contributed by atoms with E-state index < -0.39 is 0 Å². The molecule has 1 heterocycles. The van der Waals surface area contributed by atoms with E-state index in [1.165, 1.54) is 6.07 Å². The molecule has 0 unspecified atom stereocenters. The number of rotatable bonds is 7. The van der Waals surface area contributed by atoms with Gasteiger partial charge >= 0.3 is 0 Å². The fraction of sp³-hybridized carbons (Fsp3) is 0.692. The van der Waals surface area contributed by atoms with Crippen molar-refractivity contribution in [2.75, 3.05) is 18.4 Å². The summed E-state index contributed by atoms with van der Waals surface area (Å²) < 4.78 is 0. The fourth-order valence-electron chi connectivity index (χ4n) is 1.76. The highest BCUT2D eigenvalue weighted by Crippen LogP contribution is 2.22. The van der Waals surface area contributed by atoms with E-state index in [0.717, 1.165) is 25.8 Å². The summed E-state index contributed by atoms with van der Waals surface area (Å²) in [6.45, 7) is 7.83. The third-order valence-corrected chi connectivity index (χ3v) is 2.93. The van der Waals surface area contributed by atoms with Gasteiger partial charge in [-0.05, 0) is 24.8 Å². The van der Waals surface area contributed by atoms with Crippen LogP contribution in [0.1, 0.15) is 39.4 Å². The lowest BCUT2D eigenvalue weighted by molar-refractivity contribution is 0.350. The van der Waals surface area contributed by atoms with E-state index in [2.05, 4.69) is 29.1 Å². The number of hydrogen-bond acceptors (Lipinski definition) is 4. The molecule has 102 valence electrons. The minimum absolute atomic E-state index is 0.107. The molecule has 0 aliphatic heterocycles. The molecule has 0 saturated carbocycles. The maximum absolute atomic E-state index is 11.4. The van der Waals surface area contributed by atoms with E-state index in [0.29, 0.717) is 18.2 Å². The van der Waals surface area contributed by atoms with Crippen molar-refractivity contribution in [1.29, 1.82) is 0 Å². The molecule has 1 aromatic rings. The lowest BCUT2D eigenvalue weighted by Gasteiger charge is -2.25. The average Bonchev–Trinajstić information content (AvgIpc) is 2.33. The summed E-state index contributed by atoms with van der Waals surface area (Å²) in [5.41, 5.74) is 5.56. The van der Waals surface area contributed by atoms with Crippen LogP contribution in [-0.2, 0) is 6.42 Å². The van der Waals surface area contributed by atoms with Gasteiger partial charge in [0, 0.05) is 19.0 Å². The first kappa shape index (κ1) is 14.7. The molecule has 0 amide bonds. The Balaban J connectivity index is 2.62. The predicted molar refractivity (Wildman–Crippen MR) is 74.8 cm³/mol. The Hall–Kier alpha value is -1.36. The van der Waals surface area contributed by atoms with Crippen LogP contribution >= 0.6 is 0 Å². The number of nitrogens with two attached hydrogens (primary N) is 1. The average molecular weight is 252 g/mol. The van der Waals surface area contributed by atoms with Crippen molar-refractivity contribution in [2.24, 2.45) is 11.1 Å². The lowest BCUT2D eigenvalue weighted by atomic mass is 9.88.